The SMILES string of the molecule is CCC(C)(C)C(C)(C=C(C)C)C(=O)OC1COC(O)(C(F)(F)F)C1(F)F. The molecule has 0 spiro atoms. The molecule has 3 atom stereocenters. The first kappa shape index (κ1) is 22.8. The minimum atomic E-state index is -5.75. The quantitative estimate of drug-likeness (QED) is 0.435. The topological polar surface area (TPSA) is 55.8 Å². The molecule has 0 aromatic heterocycles. The van der Waals surface area contributed by atoms with Crippen molar-refractivity contribution in [2.24, 2.45) is 10.8 Å². The zero-order valence-corrected chi connectivity index (χ0v) is 15.6. The number of esters is 1. The van der Waals surface area contributed by atoms with Gasteiger partial charge in [-0.25, -0.2) is 0 Å². The maximum atomic E-state index is 14.2. The van der Waals surface area contributed by atoms with Crippen molar-refractivity contribution in [2.45, 2.75) is 72.0 Å². The monoisotopic (exact) mass is 388 g/mol. The second-order valence-corrected chi connectivity index (χ2v) is 7.63. The van der Waals surface area contributed by atoms with E-state index in [4.69, 9.17) is 4.74 Å². The molecule has 0 aromatic carbocycles. The summed E-state index contributed by atoms with van der Waals surface area (Å²) >= 11 is 0. The molecule has 1 N–H and O–H groups in total. The van der Waals surface area contributed by atoms with Crippen LogP contribution in [0.4, 0.5) is 22.0 Å². The molecule has 0 saturated carbocycles. The van der Waals surface area contributed by atoms with Crippen LogP contribution in [0.2, 0.25) is 0 Å². The molecule has 0 aromatic rings. The molecular weight excluding hydrogens is 363 g/mol. The molecular formula is C17H25F5O4. The molecule has 0 bridgehead atoms. The molecule has 1 fully saturated rings. The van der Waals surface area contributed by atoms with Crippen LogP contribution in [0.25, 0.3) is 0 Å². The minimum absolute atomic E-state index is 0.479. The summed E-state index contributed by atoms with van der Waals surface area (Å²) in [4.78, 5) is 12.7. The van der Waals surface area contributed by atoms with Crippen LogP contribution in [0.1, 0.15) is 48.0 Å². The second-order valence-electron chi connectivity index (χ2n) is 7.63. The maximum absolute atomic E-state index is 14.2. The highest BCUT2D eigenvalue weighted by molar-refractivity contribution is 5.80. The summed E-state index contributed by atoms with van der Waals surface area (Å²) in [5.41, 5.74) is -1.38. The first-order chi connectivity index (χ1) is 11.5. The molecule has 1 rings (SSSR count). The van der Waals surface area contributed by atoms with E-state index >= 15 is 0 Å². The van der Waals surface area contributed by atoms with Crippen LogP contribution in [-0.4, -0.2) is 41.7 Å². The smallest absolute Gasteiger partial charge is 0.449 e. The Balaban J connectivity index is 3.22. The Morgan fingerprint density at radius 1 is 1.27 bits per heavy atom. The average Bonchev–Trinajstić information content (AvgIpc) is 2.70. The molecule has 1 saturated heterocycles. The fraction of sp³-hybridized carbons (Fsp3) is 0.824. The zero-order chi connectivity index (χ0) is 20.8. The van der Waals surface area contributed by atoms with Crippen molar-refractivity contribution in [1.82, 2.24) is 0 Å². The van der Waals surface area contributed by atoms with E-state index in [0.717, 1.165) is 0 Å². The van der Waals surface area contributed by atoms with Gasteiger partial charge in [-0.1, -0.05) is 32.4 Å². The van der Waals surface area contributed by atoms with E-state index in [1.54, 1.807) is 40.7 Å². The highest BCUT2D eigenvalue weighted by Gasteiger charge is 2.78. The fourth-order valence-corrected chi connectivity index (χ4v) is 2.72. The Bertz CT molecular complexity index is 580. The number of hydrogen-bond donors (Lipinski definition) is 1. The van der Waals surface area contributed by atoms with Crippen molar-refractivity contribution in [3.8, 4) is 0 Å². The van der Waals surface area contributed by atoms with Crippen LogP contribution >= 0.6 is 0 Å². The average molecular weight is 388 g/mol. The number of carbonyl (C=O) groups is 1. The number of halogens is 5. The maximum Gasteiger partial charge on any atom is 0.449 e. The van der Waals surface area contributed by atoms with Crippen LogP contribution in [0.5, 0.6) is 0 Å². The summed E-state index contributed by atoms with van der Waals surface area (Å²) in [7, 11) is 0. The molecule has 0 amide bonds. The number of hydrogen-bond acceptors (Lipinski definition) is 4. The normalized spacial score (nSPS) is 28.4. The van der Waals surface area contributed by atoms with Gasteiger partial charge in [0.25, 0.3) is 0 Å². The van der Waals surface area contributed by atoms with Gasteiger partial charge in [0.05, 0.1) is 12.0 Å². The number of rotatable bonds is 5. The lowest BCUT2D eigenvalue weighted by atomic mass is 9.64. The van der Waals surface area contributed by atoms with E-state index in [0.29, 0.717) is 12.0 Å². The molecule has 1 aliphatic rings. The standard InChI is InChI=1S/C17H25F5O4/c1-7-13(4,5)14(6,8-10(2)3)12(23)26-11-9-25-16(24,15(11,18)19)17(20,21)22/h8,11,24H,7,9H2,1-6H3. The Morgan fingerprint density at radius 2 is 1.77 bits per heavy atom. The molecule has 0 radical (unpaired) electrons. The molecule has 9 heteroatoms. The Morgan fingerprint density at radius 3 is 2.12 bits per heavy atom. The van der Waals surface area contributed by atoms with E-state index in [2.05, 4.69) is 4.74 Å². The number of aliphatic hydroxyl groups is 1. The highest BCUT2D eigenvalue weighted by Crippen LogP contribution is 2.51. The van der Waals surface area contributed by atoms with Gasteiger partial charge in [0.2, 0.25) is 0 Å². The lowest BCUT2D eigenvalue weighted by molar-refractivity contribution is -0.405. The first-order valence-electron chi connectivity index (χ1n) is 8.14. The molecule has 1 aliphatic heterocycles. The van der Waals surface area contributed by atoms with E-state index in [1.807, 2.05) is 0 Å². The van der Waals surface area contributed by atoms with E-state index in [-0.39, 0.29) is 0 Å². The van der Waals surface area contributed by atoms with Gasteiger partial charge in [-0.2, -0.15) is 22.0 Å². The summed E-state index contributed by atoms with van der Waals surface area (Å²) in [5.74, 6) is -10.6. The fourth-order valence-electron chi connectivity index (χ4n) is 2.72. The van der Waals surface area contributed by atoms with E-state index in [1.165, 1.54) is 6.92 Å². The minimum Gasteiger partial charge on any atom is -0.453 e. The largest absolute Gasteiger partial charge is 0.453 e. The van der Waals surface area contributed by atoms with Crippen molar-refractivity contribution < 1.29 is 41.3 Å². The van der Waals surface area contributed by atoms with Gasteiger partial charge >= 0.3 is 23.9 Å². The number of alkyl halides is 5. The third-order valence-electron chi connectivity index (χ3n) is 5.22. The van der Waals surface area contributed by atoms with E-state index < -0.39 is 47.4 Å². The van der Waals surface area contributed by atoms with Crippen LogP contribution in [0.3, 0.4) is 0 Å². The Labute approximate surface area is 149 Å². The van der Waals surface area contributed by atoms with Gasteiger partial charge in [-0.05, 0) is 32.6 Å². The molecule has 152 valence electrons. The van der Waals surface area contributed by atoms with Gasteiger partial charge in [0.15, 0.2) is 6.10 Å². The van der Waals surface area contributed by atoms with Crippen molar-refractivity contribution in [1.29, 1.82) is 0 Å². The van der Waals surface area contributed by atoms with Crippen LogP contribution in [0, 0.1) is 10.8 Å². The zero-order valence-electron chi connectivity index (χ0n) is 15.6. The second kappa shape index (κ2) is 6.74. The molecule has 26 heavy (non-hydrogen) atoms. The molecule has 3 unspecified atom stereocenters. The van der Waals surface area contributed by atoms with Crippen LogP contribution < -0.4 is 0 Å². The number of allylic oxidation sites excluding steroid dienone is 1. The predicted octanol–water partition coefficient (Wildman–Crippen LogP) is 4.22. The van der Waals surface area contributed by atoms with Crippen LogP contribution in [0.15, 0.2) is 11.6 Å². The van der Waals surface area contributed by atoms with Gasteiger partial charge in [0, 0.05) is 0 Å². The third-order valence-corrected chi connectivity index (χ3v) is 5.22. The van der Waals surface area contributed by atoms with Gasteiger partial charge in [0.1, 0.15) is 0 Å². The molecule has 4 nitrogen and oxygen atoms in total. The van der Waals surface area contributed by atoms with Crippen molar-refractivity contribution >= 4 is 5.97 Å². The highest BCUT2D eigenvalue weighted by atomic mass is 19.4. The number of ether oxygens (including phenoxy) is 2. The van der Waals surface area contributed by atoms with Crippen molar-refractivity contribution in [2.75, 3.05) is 6.61 Å². The van der Waals surface area contributed by atoms with Crippen molar-refractivity contribution in [3.63, 3.8) is 0 Å². The summed E-state index contributed by atoms with van der Waals surface area (Å²) in [6, 6.07) is 0. The summed E-state index contributed by atoms with van der Waals surface area (Å²) in [6.45, 7) is 8.86. The lowest BCUT2D eigenvalue weighted by Gasteiger charge is -2.41. The summed E-state index contributed by atoms with van der Waals surface area (Å²) in [6.07, 6.45) is -6.28. The first-order valence-corrected chi connectivity index (χ1v) is 8.14. The number of carbonyl (C=O) groups excluding carboxylic acids is 1. The van der Waals surface area contributed by atoms with Gasteiger partial charge in [-0.15, -0.1) is 0 Å². The summed E-state index contributed by atoms with van der Waals surface area (Å²) in [5, 5.41) is 9.29. The lowest BCUT2D eigenvalue weighted by Crippen LogP contribution is -2.60. The third kappa shape index (κ3) is 3.47. The van der Waals surface area contributed by atoms with Crippen molar-refractivity contribution in [3.05, 3.63) is 11.6 Å². The van der Waals surface area contributed by atoms with Gasteiger partial charge in [-0.3, -0.25) is 4.79 Å². The Kier molecular flexibility index (Phi) is 5.92. The Hall–Kier alpha value is -1.22. The predicted molar refractivity (Wildman–Crippen MR) is 83.4 cm³/mol. The van der Waals surface area contributed by atoms with E-state index in [9.17, 15) is 31.9 Å². The van der Waals surface area contributed by atoms with Gasteiger partial charge < -0.3 is 14.6 Å². The molecule has 0 aliphatic carbocycles. The van der Waals surface area contributed by atoms with Crippen LogP contribution in [-0.2, 0) is 14.3 Å². The molecule has 1 heterocycles. The summed E-state index contributed by atoms with van der Waals surface area (Å²) < 4.78 is 75.4.